The smallest absolute Gasteiger partial charge is 0.165 e. The first kappa shape index (κ1) is 11.0. The summed E-state index contributed by atoms with van der Waals surface area (Å²) in [5.41, 5.74) is 8.17. The number of carbonyl (C=O) groups is 1. The van der Waals surface area contributed by atoms with E-state index in [1.54, 1.807) is 7.11 Å². The van der Waals surface area contributed by atoms with E-state index in [9.17, 15) is 4.79 Å². The number of methoxy groups -OCH3 is 1. The molecule has 2 rings (SSSR count). The molecule has 0 spiro atoms. The van der Waals surface area contributed by atoms with Gasteiger partial charge in [-0.15, -0.1) is 0 Å². The molecule has 4 nitrogen and oxygen atoms in total. The molecule has 1 aromatic rings. The Labute approximate surface area is 94.3 Å². The summed E-state index contributed by atoms with van der Waals surface area (Å²) in [7, 11) is 1.59. The van der Waals surface area contributed by atoms with E-state index in [1.807, 2.05) is 12.1 Å². The Bertz CT molecular complexity index is 403. The van der Waals surface area contributed by atoms with E-state index in [2.05, 4.69) is 0 Å². The van der Waals surface area contributed by atoms with Gasteiger partial charge in [0.15, 0.2) is 17.8 Å². The standard InChI is InChI=1S/C12H15NO3/c1-15-11-3-2-8-6-9(13)7-10(8)12(11)16-5-4-14/h2-4,9H,5-7,13H2,1H3. The molecule has 1 unspecified atom stereocenters. The minimum atomic E-state index is 0.0437. The van der Waals surface area contributed by atoms with Gasteiger partial charge in [0, 0.05) is 11.6 Å². The first-order valence-corrected chi connectivity index (χ1v) is 5.27. The SMILES string of the molecule is COc1ccc2c(c1OCC=O)CC(N)C2. The van der Waals surface area contributed by atoms with Crippen LogP contribution in [0.2, 0.25) is 0 Å². The lowest BCUT2D eigenvalue weighted by Crippen LogP contribution is -2.19. The van der Waals surface area contributed by atoms with Crippen molar-refractivity contribution < 1.29 is 14.3 Å². The molecule has 0 heterocycles. The second-order valence-corrected chi connectivity index (χ2v) is 3.88. The zero-order chi connectivity index (χ0) is 11.5. The van der Waals surface area contributed by atoms with Gasteiger partial charge in [0.2, 0.25) is 0 Å². The monoisotopic (exact) mass is 221 g/mol. The Morgan fingerprint density at radius 2 is 2.31 bits per heavy atom. The highest BCUT2D eigenvalue weighted by molar-refractivity contribution is 5.56. The Kier molecular flexibility index (Phi) is 3.10. The number of benzene rings is 1. The summed E-state index contributed by atoms with van der Waals surface area (Å²) >= 11 is 0. The van der Waals surface area contributed by atoms with Crippen molar-refractivity contribution in [1.82, 2.24) is 0 Å². The molecule has 0 saturated carbocycles. The molecule has 0 amide bonds. The molecular weight excluding hydrogens is 206 g/mol. The molecule has 0 aliphatic heterocycles. The first-order chi connectivity index (χ1) is 7.76. The number of rotatable bonds is 4. The van der Waals surface area contributed by atoms with E-state index in [-0.39, 0.29) is 12.6 Å². The highest BCUT2D eigenvalue weighted by Crippen LogP contribution is 2.37. The molecule has 86 valence electrons. The van der Waals surface area contributed by atoms with Crippen molar-refractivity contribution in [3.8, 4) is 11.5 Å². The van der Waals surface area contributed by atoms with Crippen LogP contribution >= 0.6 is 0 Å². The molecule has 0 saturated heterocycles. The quantitative estimate of drug-likeness (QED) is 0.760. The number of fused-ring (bicyclic) bond motifs is 1. The fourth-order valence-electron chi connectivity index (χ4n) is 2.12. The van der Waals surface area contributed by atoms with Crippen LogP contribution in [-0.4, -0.2) is 26.0 Å². The third-order valence-electron chi connectivity index (χ3n) is 2.79. The zero-order valence-corrected chi connectivity index (χ0v) is 9.23. The minimum absolute atomic E-state index is 0.0437. The van der Waals surface area contributed by atoms with Gasteiger partial charge in [0.1, 0.15) is 6.61 Å². The van der Waals surface area contributed by atoms with Gasteiger partial charge in [-0.1, -0.05) is 6.07 Å². The number of nitrogens with two attached hydrogens (primary N) is 1. The Morgan fingerprint density at radius 1 is 1.50 bits per heavy atom. The van der Waals surface area contributed by atoms with Crippen molar-refractivity contribution in [3.63, 3.8) is 0 Å². The fourth-order valence-corrected chi connectivity index (χ4v) is 2.12. The highest BCUT2D eigenvalue weighted by atomic mass is 16.5. The van der Waals surface area contributed by atoms with Gasteiger partial charge in [-0.3, -0.25) is 4.79 Å². The van der Waals surface area contributed by atoms with Crippen LogP contribution in [0.1, 0.15) is 11.1 Å². The maximum atomic E-state index is 10.4. The van der Waals surface area contributed by atoms with E-state index in [0.717, 1.165) is 24.7 Å². The Morgan fingerprint density at radius 3 is 3.00 bits per heavy atom. The predicted molar refractivity (Wildman–Crippen MR) is 59.9 cm³/mol. The maximum absolute atomic E-state index is 10.4. The summed E-state index contributed by atoms with van der Waals surface area (Å²) in [6.07, 6.45) is 2.37. The van der Waals surface area contributed by atoms with E-state index < -0.39 is 0 Å². The molecule has 0 fully saturated rings. The molecule has 0 radical (unpaired) electrons. The molecule has 4 heteroatoms. The number of hydrogen-bond donors (Lipinski definition) is 1. The molecular formula is C12H15NO3. The minimum Gasteiger partial charge on any atom is -0.493 e. The van der Waals surface area contributed by atoms with Crippen LogP contribution in [0.3, 0.4) is 0 Å². The first-order valence-electron chi connectivity index (χ1n) is 5.27. The lowest BCUT2D eigenvalue weighted by Gasteiger charge is -2.13. The number of aldehydes is 1. The average Bonchev–Trinajstić information content (AvgIpc) is 2.66. The molecule has 1 atom stereocenters. The van der Waals surface area contributed by atoms with Crippen LogP contribution in [0.5, 0.6) is 11.5 Å². The molecule has 1 aromatic carbocycles. The van der Waals surface area contributed by atoms with Crippen LogP contribution in [0, 0.1) is 0 Å². The van der Waals surface area contributed by atoms with Gasteiger partial charge in [-0.2, -0.15) is 0 Å². The Balaban J connectivity index is 2.38. The van der Waals surface area contributed by atoms with Gasteiger partial charge in [-0.05, 0) is 24.5 Å². The molecule has 0 bridgehead atoms. The lowest BCUT2D eigenvalue weighted by atomic mass is 10.1. The lowest BCUT2D eigenvalue weighted by molar-refractivity contribution is -0.109. The second-order valence-electron chi connectivity index (χ2n) is 3.88. The molecule has 0 aromatic heterocycles. The van der Waals surface area contributed by atoms with E-state index in [0.29, 0.717) is 11.5 Å². The van der Waals surface area contributed by atoms with Crippen LogP contribution in [-0.2, 0) is 17.6 Å². The van der Waals surface area contributed by atoms with Crippen LogP contribution < -0.4 is 15.2 Å². The summed E-state index contributed by atoms with van der Waals surface area (Å²) in [4.78, 5) is 10.4. The third kappa shape index (κ3) is 1.88. The topological polar surface area (TPSA) is 61.5 Å². The third-order valence-corrected chi connectivity index (χ3v) is 2.79. The van der Waals surface area contributed by atoms with E-state index >= 15 is 0 Å². The molecule has 2 N–H and O–H groups in total. The largest absolute Gasteiger partial charge is 0.493 e. The summed E-state index contributed by atoms with van der Waals surface area (Å²) in [6.45, 7) is 0.0437. The summed E-state index contributed by atoms with van der Waals surface area (Å²) in [5.74, 6) is 1.33. The Hall–Kier alpha value is -1.55. The average molecular weight is 221 g/mol. The number of hydrogen-bond acceptors (Lipinski definition) is 4. The van der Waals surface area contributed by atoms with Crippen molar-refractivity contribution in [2.24, 2.45) is 5.73 Å². The van der Waals surface area contributed by atoms with Gasteiger partial charge in [0.05, 0.1) is 7.11 Å². The maximum Gasteiger partial charge on any atom is 0.165 e. The molecule has 1 aliphatic rings. The van der Waals surface area contributed by atoms with Crippen molar-refractivity contribution in [2.45, 2.75) is 18.9 Å². The predicted octanol–water partition coefficient (Wildman–Crippen LogP) is 0.699. The second kappa shape index (κ2) is 4.53. The van der Waals surface area contributed by atoms with Gasteiger partial charge in [0.25, 0.3) is 0 Å². The molecule has 16 heavy (non-hydrogen) atoms. The van der Waals surface area contributed by atoms with Gasteiger partial charge in [-0.25, -0.2) is 0 Å². The van der Waals surface area contributed by atoms with Crippen molar-refractivity contribution in [1.29, 1.82) is 0 Å². The van der Waals surface area contributed by atoms with Crippen LogP contribution in [0.25, 0.3) is 0 Å². The van der Waals surface area contributed by atoms with Crippen LogP contribution in [0.4, 0.5) is 0 Å². The van der Waals surface area contributed by atoms with Crippen molar-refractivity contribution >= 4 is 6.29 Å². The van der Waals surface area contributed by atoms with E-state index in [4.69, 9.17) is 15.2 Å². The summed E-state index contributed by atoms with van der Waals surface area (Å²) in [5, 5.41) is 0. The highest BCUT2D eigenvalue weighted by Gasteiger charge is 2.24. The number of ether oxygens (including phenoxy) is 2. The van der Waals surface area contributed by atoms with Crippen molar-refractivity contribution in [2.75, 3.05) is 13.7 Å². The zero-order valence-electron chi connectivity index (χ0n) is 9.23. The summed E-state index contributed by atoms with van der Waals surface area (Å²) < 4.78 is 10.6. The van der Waals surface area contributed by atoms with Gasteiger partial charge < -0.3 is 15.2 Å². The van der Waals surface area contributed by atoms with Gasteiger partial charge >= 0.3 is 0 Å². The fraction of sp³-hybridized carbons (Fsp3) is 0.417. The normalized spacial score (nSPS) is 18.0. The van der Waals surface area contributed by atoms with Crippen molar-refractivity contribution in [3.05, 3.63) is 23.3 Å². The van der Waals surface area contributed by atoms with Crippen LogP contribution in [0.15, 0.2) is 12.1 Å². The molecule has 1 aliphatic carbocycles. The van der Waals surface area contributed by atoms with E-state index in [1.165, 1.54) is 5.56 Å². The number of carbonyl (C=O) groups excluding carboxylic acids is 1. The summed E-state index contributed by atoms with van der Waals surface area (Å²) in [6, 6.07) is 4.01.